The van der Waals surface area contributed by atoms with E-state index in [1.807, 2.05) is 23.6 Å². The molecule has 0 saturated carbocycles. The fraction of sp³-hybridized carbons (Fsp3) is 0.833. The normalized spacial score (nSPS) is 18.5. The maximum Gasteiger partial charge on any atom is 0.243 e. The van der Waals surface area contributed by atoms with Gasteiger partial charge in [-0.3, -0.25) is 9.59 Å². The number of nitrogens with zero attached hydrogens (tertiary/aromatic N) is 4. The van der Waals surface area contributed by atoms with Crippen LogP contribution >= 0.6 is 24.0 Å². The summed E-state index contributed by atoms with van der Waals surface area (Å²) in [7, 11) is 3.43. The third-order valence-electron chi connectivity index (χ3n) is 4.49. The number of likely N-dealkylation sites (N-methyl/N-ethyl adjacent to an activating group) is 1. The van der Waals surface area contributed by atoms with Crippen molar-refractivity contribution in [1.82, 2.24) is 20.0 Å². The average Bonchev–Trinajstić information content (AvgIpc) is 2.48. The molecule has 1 rings (SSSR count). The summed E-state index contributed by atoms with van der Waals surface area (Å²) in [6.07, 6.45) is 0.934. The van der Waals surface area contributed by atoms with E-state index in [1.165, 1.54) is 4.90 Å². The van der Waals surface area contributed by atoms with Crippen LogP contribution in [0.25, 0.3) is 0 Å². The molecule has 7 nitrogen and oxygen atoms in total. The predicted octanol–water partition coefficient (Wildman–Crippen LogP) is 1.77. The molecule has 0 aliphatic carbocycles. The number of rotatable bonds is 5. The van der Waals surface area contributed by atoms with Gasteiger partial charge in [0.2, 0.25) is 11.8 Å². The standard InChI is InChI=1S/C18H35N5O2.HI/c1-9-14(4)20-17(19-10-15(24)21(7)8)22-11-16(25)23(13(2)3)18(5,6)12-22;/h13-14H,9-12H2,1-8H3,(H,19,20);1H. The Bertz CT molecular complexity index is 520. The van der Waals surface area contributed by atoms with Gasteiger partial charge in [-0.05, 0) is 41.0 Å². The SMILES string of the molecule is CCC(C)NC(=NCC(=O)N(C)C)N1CC(=O)N(C(C)C)C(C)(C)C1.I. The number of piperazine rings is 1. The second-order valence-electron chi connectivity index (χ2n) is 7.91. The van der Waals surface area contributed by atoms with E-state index in [0.29, 0.717) is 12.5 Å². The zero-order valence-corrected chi connectivity index (χ0v) is 19.8. The fourth-order valence-electron chi connectivity index (χ4n) is 3.16. The second-order valence-corrected chi connectivity index (χ2v) is 7.91. The summed E-state index contributed by atoms with van der Waals surface area (Å²) in [6, 6.07) is 0.373. The summed E-state index contributed by atoms with van der Waals surface area (Å²) in [4.78, 5) is 34.5. The van der Waals surface area contributed by atoms with Gasteiger partial charge in [0.05, 0.1) is 12.1 Å². The number of guanidine groups is 1. The van der Waals surface area contributed by atoms with Crippen LogP contribution in [-0.4, -0.2) is 83.8 Å². The molecule has 1 aliphatic rings. The van der Waals surface area contributed by atoms with Gasteiger partial charge in [-0.2, -0.15) is 0 Å². The van der Waals surface area contributed by atoms with Crippen molar-refractivity contribution in [3.8, 4) is 0 Å². The molecule has 1 atom stereocenters. The van der Waals surface area contributed by atoms with Crippen LogP contribution in [0.2, 0.25) is 0 Å². The smallest absolute Gasteiger partial charge is 0.243 e. The number of nitrogens with one attached hydrogen (secondary N) is 1. The van der Waals surface area contributed by atoms with Crippen molar-refractivity contribution in [1.29, 1.82) is 0 Å². The molecule has 2 amide bonds. The Morgan fingerprint density at radius 1 is 1.31 bits per heavy atom. The number of hydrogen-bond donors (Lipinski definition) is 1. The molecule has 0 radical (unpaired) electrons. The first-order valence-corrected chi connectivity index (χ1v) is 9.07. The van der Waals surface area contributed by atoms with E-state index in [0.717, 1.165) is 6.42 Å². The maximum atomic E-state index is 12.7. The topological polar surface area (TPSA) is 68.2 Å². The molecule has 0 aromatic heterocycles. The molecule has 0 aromatic carbocycles. The van der Waals surface area contributed by atoms with Gasteiger partial charge in [-0.1, -0.05) is 6.92 Å². The molecule has 0 bridgehead atoms. The van der Waals surface area contributed by atoms with Crippen molar-refractivity contribution in [2.75, 3.05) is 33.7 Å². The van der Waals surface area contributed by atoms with Crippen molar-refractivity contribution in [2.45, 2.75) is 65.6 Å². The highest BCUT2D eigenvalue weighted by Gasteiger charge is 2.40. The monoisotopic (exact) mass is 481 g/mol. The number of carbonyl (C=O) groups excluding carboxylic acids is 2. The van der Waals surface area contributed by atoms with Gasteiger partial charge in [0.15, 0.2) is 5.96 Å². The van der Waals surface area contributed by atoms with Gasteiger partial charge in [0.1, 0.15) is 6.54 Å². The Morgan fingerprint density at radius 3 is 2.31 bits per heavy atom. The highest BCUT2D eigenvalue weighted by molar-refractivity contribution is 14.0. The molecule has 152 valence electrons. The van der Waals surface area contributed by atoms with E-state index in [-0.39, 0.29) is 66.5 Å². The summed E-state index contributed by atoms with van der Waals surface area (Å²) in [5, 5.41) is 3.37. The third kappa shape index (κ3) is 6.59. The zero-order chi connectivity index (χ0) is 19.4. The third-order valence-corrected chi connectivity index (χ3v) is 4.49. The molecule has 1 heterocycles. The van der Waals surface area contributed by atoms with Crippen molar-refractivity contribution < 1.29 is 9.59 Å². The first-order valence-electron chi connectivity index (χ1n) is 9.07. The van der Waals surface area contributed by atoms with E-state index in [4.69, 9.17) is 0 Å². The molecular formula is C18H36IN5O2. The van der Waals surface area contributed by atoms with Crippen LogP contribution in [0.5, 0.6) is 0 Å². The molecule has 0 aromatic rings. The lowest BCUT2D eigenvalue weighted by molar-refractivity contribution is -0.145. The van der Waals surface area contributed by atoms with E-state index < -0.39 is 0 Å². The predicted molar refractivity (Wildman–Crippen MR) is 117 cm³/mol. The molecule has 1 aliphatic heterocycles. The Hall–Kier alpha value is -1.06. The van der Waals surface area contributed by atoms with E-state index in [1.54, 1.807) is 14.1 Å². The Labute approximate surface area is 175 Å². The minimum atomic E-state index is -0.299. The van der Waals surface area contributed by atoms with Crippen molar-refractivity contribution >= 4 is 41.8 Å². The van der Waals surface area contributed by atoms with Crippen LogP contribution in [0.4, 0.5) is 0 Å². The van der Waals surface area contributed by atoms with Crippen LogP contribution in [0.3, 0.4) is 0 Å². The van der Waals surface area contributed by atoms with Crippen LogP contribution in [-0.2, 0) is 9.59 Å². The molecular weight excluding hydrogens is 445 g/mol. The van der Waals surface area contributed by atoms with Crippen molar-refractivity contribution in [3.63, 3.8) is 0 Å². The number of aliphatic imine (C=N–C) groups is 1. The van der Waals surface area contributed by atoms with Crippen molar-refractivity contribution in [2.24, 2.45) is 4.99 Å². The minimum Gasteiger partial charge on any atom is -0.354 e. The highest BCUT2D eigenvalue weighted by Crippen LogP contribution is 2.24. The van der Waals surface area contributed by atoms with E-state index >= 15 is 0 Å². The quantitative estimate of drug-likeness (QED) is 0.369. The lowest BCUT2D eigenvalue weighted by atomic mass is 9.96. The summed E-state index contributed by atoms with van der Waals surface area (Å²) >= 11 is 0. The number of amides is 2. The van der Waals surface area contributed by atoms with E-state index in [2.05, 4.69) is 38.0 Å². The van der Waals surface area contributed by atoms with Crippen LogP contribution < -0.4 is 5.32 Å². The summed E-state index contributed by atoms with van der Waals surface area (Å²) in [5.74, 6) is 0.660. The van der Waals surface area contributed by atoms with Gasteiger partial charge in [0.25, 0.3) is 0 Å². The van der Waals surface area contributed by atoms with Crippen molar-refractivity contribution in [3.05, 3.63) is 0 Å². The fourth-order valence-corrected chi connectivity index (χ4v) is 3.16. The molecule has 0 spiro atoms. The van der Waals surface area contributed by atoms with Gasteiger partial charge >= 0.3 is 0 Å². The summed E-state index contributed by atoms with van der Waals surface area (Å²) in [6.45, 7) is 13.4. The lowest BCUT2D eigenvalue weighted by Gasteiger charge is -2.49. The Morgan fingerprint density at radius 2 is 1.88 bits per heavy atom. The Kier molecular flexibility index (Phi) is 9.90. The average molecular weight is 481 g/mol. The number of hydrogen-bond acceptors (Lipinski definition) is 3. The Balaban J connectivity index is 0.00000625. The largest absolute Gasteiger partial charge is 0.354 e. The lowest BCUT2D eigenvalue weighted by Crippen LogP contribution is -2.66. The highest BCUT2D eigenvalue weighted by atomic mass is 127. The molecule has 1 saturated heterocycles. The van der Waals surface area contributed by atoms with Gasteiger partial charge in [0, 0.05) is 32.7 Å². The first kappa shape index (κ1) is 24.9. The van der Waals surface area contributed by atoms with E-state index in [9.17, 15) is 9.59 Å². The minimum absolute atomic E-state index is 0. The molecule has 1 unspecified atom stereocenters. The molecule has 8 heteroatoms. The second kappa shape index (κ2) is 10.3. The first-order chi connectivity index (χ1) is 11.5. The molecule has 1 N–H and O–H groups in total. The van der Waals surface area contributed by atoms with Gasteiger partial charge < -0.3 is 20.0 Å². The number of halogens is 1. The molecule has 26 heavy (non-hydrogen) atoms. The van der Waals surface area contributed by atoms with Crippen LogP contribution in [0.15, 0.2) is 4.99 Å². The molecule has 1 fully saturated rings. The number of carbonyl (C=O) groups is 2. The van der Waals surface area contributed by atoms with Crippen LogP contribution in [0.1, 0.15) is 48.0 Å². The maximum absolute atomic E-state index is 12.7. The summed E-state index contributed by atoms with van der Waals surface area (Å²) in [5.41, 5.74) is -0.299. The summed E-state index contributed by atoms with van der Waals surface area (Å²) < 4.78 is 0. The van der Waals surface area contributed by atoms with Gasteiger partial charge in [-0.15, -0.1) is 24.0 Å². The van der Waals surface area contributed by atoms with Crippen LogP contribution in [0, 0.1) is 0 Å². The van der Waals surface area contributed by atoms with Gasteiger partial charge in [-0.25, -0.2) is 4.99 Å². The zero-order valence-electron chi connectivity index (χ0n) is 17.5.